The van der Waals surface area contributed by atoms with Gasteiger partial charge in [0.05, 0.1) is 11.5 Å². The summed E-state index contributed by atoms with van der Waals surface area (Å²) < 4.78 is 0. The molecular formula is C44H60N2O4. The highest BCUT2D eigenvalue weighted by molar-refractivity contribution is 5.92. The molecule has 0 radical (unpaired) electrons. The third kappa shape index (κ3) is 5.27. The van der Waals surface area contributed by atoms with Gasteiger partial charge in [-0.05, 0) is 168 Å². The first kappa shape index (κ1) is 35.8. The van der Waals surface area contributed by atoms with Gasteiger partial charge in [-0.15, -0.1) is 0 Å². The van der Waals surface area contributed by atoms with Gasteiger partial charge in [-0.25, -0.2) is 6.57 Å². The van der Waals surface area contributed by atoms with Crippen LogP contribution in [0.1, 0.15) is 137 Å². The monoisotopic (exact) mass is 680 g/mol. The first-order valence-electron chi connectivity index (χ1n) is 20.1. The number of hydrogen-bond donors (Lipinski definition) is 1. The zero-order valence-corrected chi connectivity index (χ0v) is 31.4. The highest BCUT2D eigenvalue weighted by atomic mass is 16.3. The van der Waals surface area contributed by atoms with Gasteiger partial charge in [-0.2, -0.15) is 5.26 Å². The maximum Gasteiger partial charge on any atom is 0.221 e. The van der Waals surface area contributed by atoms with Crippen LogP contribution in [0.4, 0.5) is 0 Å². The molecule has 1 unspecified atom stereocenters. The van der Waals surface area contributed by atoms with Gasteiger partial charge in [-0.3, -0.25) is 14.4 Å². The summed E-state index contributed by atoms with van der Waals surface area (Å²) >= 11 is 0. The van der Waals surface area contributed by atoms with Crippen LogP contribution in [-0.4, -0.2) is 34.6 Å². The lowest BCUT2D eigenvalue weighted by Crippen LogP contribution is -2.52. The molecule has 50 heavy (non-hydrogen) atoms. The summed E-state index contributed by atoms with van der Waals surface area (Å²) in [5, 5.41) is 20.2. The number of carbonyl (C=O) groups is 3. The number of ketones is 3. The van der Waals surface area contributed by atoms with Gasteiger partial charge in [-0.1, -0.05) is 31.9 Å². The Labute approximate surface area is 300 Å². The molecule has 270 valence electrons. The van der Waals surface area contributed by atoms with E-state index in [1.165, 1.54) is 24.0 Å². The van der Waals surface area contributed by atoms with Gasteiger partial charge in [0.25, 0.3) is 0 Å². The fourth-order valence-corrected chi connectivity index (χ4v) is 15.0. The summed E-state index contributed by atoms with van der Waals surface area (Å²) in [6, 6.07) is 2.18. The first-order chi connectivity index (χ1) is 23.6. The number of hydrogen-bond acceptors (Lipinski definition) is 5. The number of nitriles is 1. The summed E-state index contributed by atoms with van der Waals surface area (Å²) in [7, 11) is 0. The molecule has 0 bridgehead atoms. The number of fused-ring (bicyclic) bond motifs is 10. The van der Waals surface area contributed by atoms with Crippen molar-refractivity contribution >= 4 is 17.3 Å². The number of rotatable bonds is 3. The van der Waals surface area contributed by atoms with Gasteiger partial charge in [0.15, 0.2) is 17.2 Å². The van der Waals surface area contributed by atoms with Crippen molar-refractivity contribution in [2.45, 2.75) is 143 Å². The molecule has 0 aromatic rings. The highest BCUT2D eigenvalue weighted by Crippen LogP contribution is 2.69. The van der Waals surface area contributed by atoms with E-state index >= 15 is 0 Å². The van der Waals surface area contributed by atoms with Gasteiger partial charge in [0, 0.05) is 24.7 Å². The molecule has 0 aliphatic heterocycles. The molecule has 0 amide bonds. The number of nitrogens with zero attached hydrogens (tertiary/aromatic N) is 2. The van der Waals surface area contributed by atoms with E-state index < -0.39 is 5.60 Å². The highest BCUT2D eigenvalue weighted by Gasteiger charge is 2.64. The lowest BCUT2D eigenvalue weighted by atomic mass is 9.46. The predicted octanol–water partition coefficient (Wildman–Crippen LogP) is 9.03. The zero-order valence-electron chi connectivity index (χ0n) is 31.4. The topological polar surface area (TPSA) is 99.6 Å². The molecule has 6 saturated carbocycles. The molecule has 0 aromatic carbocycles. The van der Waals surface area contributed by atoms with Crippen LogP contribution in [0.2, 0.25) is 0 Å². The van der Waals surface area contributed by atoms with E-state index in [4.69, 9.17) is 6.57 Å². The maximum absolute atomic E-state index is 12.3. The van der Waals surface area contributed by atoms with Gasteiger partial charge >= 0.3 is 0 Å². The van der Waals surface area contributed by atoms with Crippen LogP contribution in [0.25, 0.3) is 4.85 Å². The number of allylic oxidation sites excluding steroid dienone is 2. The standard InChI is InChI=1S/C22H31NO2.C22H29NO2/c1-20-10-8-15(24)12-14(20)4-5-16-17-6-7-19(22(3,25)13-23)21(17,2)11-9-18(16)20;1-14(24)18-6-7-20-17-5-4-15-12-16(25)8-10-21(15,2)19(17)9-11-22(18,20)13-23-3/h12,16-19,25H,4-11H2,1-3H3;12,17-20H,4-11,13H2,1-2H3/t16-,17-,18+,19-,20+,21-,22?;17-,18-,19-,20+,21-,22+/m01/s1. The van der Waals surface area contributed by atoms with E-state index in [2.05, 4.69) is 31.7 Å². The summed E-state index contributed by atoms with van der Waals surface area (Å²) in [6.07, 6.45) is 20.4. The average Bonchev–Trinajstić information content (AvgIpc) is 3.65. The Balaban J connectivity index is 0.000000157. The summed E-state index contributed by atoms with van der Waals surface area (Å²) in [4.78, 5) is 39.9. The fourth-order valence-electron chi connectivity index (χ4n) is 15.0. The van der Waals surface area contributed by atoms with Crippen molar-refractivity contribution in [1.82, 2.24) is 0 Å². The molecular weight excluding hydrogens is 620 g/mol. The minimum absolute atomic E-state index is 0.0587. The van der Waals surface area contributed by atoms with Crippen molar-refractivity contribution < 1.29 is 19.5 Å². The molecule has 13 atom stereocenters. The van der Waals surface area contributed by atoms with Crippen molar-refractivity contribution in [3.05, 3.63) is 34.7 Å². The molecule has 6 fully saturated rings. The lowest BCUT2D eigenvalue weighted by molar-refractivity contribution is -0.128. The van der Waals surface area contributed by atoms with Crippen molar-refractivity contribution in [3.63, 3.8) is 0 Å². The van der Waals surface area contributed by atoms with Crippen molar-refractivity contribution in [3.8, 4) is 6.07 Å². The van der Waals surface area contributed by atoms with Crippen molar-refractivity contribution in [1.29, 1.82) is 5.26 Å². The SMILES string of the molecule is CC(O)(C#N)[C@H]1CC[C@H]2[C@@H]3CCC4=CC(=O)CC[C@@]4(C)[C@@H]3CC[C@]12C.[C-]#[N+]C[C@]12CC[C@@H]3[C@@H](CCC4=CC(=O)CC[C@]43C)[C@@H]1CC[C@@H]2C(C)=O. The Morgan fingerprint density at radius 2 is 1.36 bits per heavy atom. The minimum Gasteiger partial charge on any atom is -0.375 e. The molecule has 6 nitrogen and oxygen atoms in total. The van der Waals surface area contributed by atoms with Crippen molar-refractivity contribution in [2.24, 2.45) is 69.0 Å². The second kappa shape index (κ2) is 12.5. The number of Topliss-reactive ketones (excluding diaryl/α,β-unsaturated/α-hetero) is 1. The lowest BCUT2D eigenvalue weighted by Gasteiger charge is -2.58. The Bertz CT molecular complexity index is 1590. The molecule has 0 aromatic heterocycles. The van der Waals surface area contributed by atoms with Crippen LogP contribution < -0.4 is 0 Å². The van der Waals surface area contributed by atoms with E-state index in [0.717, 1.165) is 77.0 Å². The number of carbonyl (C=O) groups excluding carboxylic acids is 3. The maximum atomic E-state index is 12.3. The quantitative estimate of drug-likeness (QED) is 0.237. The molecule has 1 N–H and O–H groups in total. The molecule has 0 spiro atoms. The van der Waals surface area contributed by atoms with E-state index in [0.29, 0.717) is 72.2 Å². The van der Waals surface area contributed by atoms with Gasteiger partial charge in [0.2, 0.25) is 6.54 Å². The zero-order chi connectivity index (χ0) is 35.9. The first-order valence-corrected chi connectivity index (χ1v) is 20.1. The van der Waals surface area contributed by atoms with Crippen LogP contribution >= 0.6 is 0 Å². The Hall–Kier alpha value is -2.57. The molecule has 0 saturated heterocycles. The number of aliphatic hydroxyl groups is 1. The van der Waals surface area contributed by atoms with Crippen LogP contribution in [0.5, 0.6) is 0 Å². The van der Waals surface area contributed by atoms with Crippen LogP contribution in [0.15, 0.2) is 23.3 Å². The van der Waals surface area contributed by atoms with E-state index in [-0.39, 0.29) is 33.5 Å². The second-order valence-corrected chi connectivity index (χ2v) is 19.2. The third-order valence-corrected chi connectivity index (χ3v) is 17.4. The fraction of sp³-hybridized carbons (Fsp3) is 0.795. The molecule has 6 heteroatoms. The molecule has 0 heterocycles. The Morgan fingerprint density at radius 3 is 1.90 bits per heavy atom. The summed E-state index contributed by atoms with van der Waals surface area (Å²) in [6.45, 7) is 18.6. The summed E-state index contributed by atoms with van der Waals surface area (Å²) in [5.41, 5.74) is 2.00. The van der Waals surface area contributed by atoms with Crippen LogP contribution in [0.3, 0.4) is 0 Å². The van der Waals surface area contributed by atoms with E-state index in [9.17, 15) is 24.8 Å². The average molecular weight is 681 g/mol. The van der Waals surface area contributed by atoms with Crippen molar-refractivity contribution in [2.75, 3.05) is 6.54 Å². The van der Waals surface area contributed by atoms with Crippen LogP contribution in [0, 0.1) is 86.9 Å². The van der Waals surface area contributed by atoms with E-state index in [1.54, 1.807) is 13.8 Å². The van der Waals surface area contributed by atoms with Crippen LogP contribution in [-0.2, 0) is 14.4 Å². The Kier molecular flexibility index (Phi) is 8.98. The van der Waals surface area contributed by atoms with Gasteiger partial charge < -0.3 is 9.95 Å². The summed E-state index contributed by atoms with van der Waals surface area (Å²) in [5.74, 6) is 4.90. The minimum atomic E-state index is -1.21. The van der Waals surface area contributed by atoms with Gasteiger partial charge in [0.1, 0.15) is 5.78 Å². The normalized spacial score (nSPS) is 47.0. The second-order valence-electron chi connectivity index (χ2n) is 19.2. The smallest absolute Gasteiger partial charge is 0.221 e. The molecule has 8 aliphatic carbocycles. The molecule has 8 rings (SSSR count). The largest absolute Gasteiger partial charge is 0.375 e. The van der Waals surface area contributed by atoms with E-state index in [1.807, 2.05) is 12.2 Å². The predicted molar refractivity (Wildman–Crippen MR) is 193 cm³/mol. The molecule has 8 aliphatic rings. The third-order valence-electron chi connectivity index (χ3n) is 17.4. The Morgan fingerprint density at radius 1 is 0.820 bits per heavy atom.